The standard InChI is InChI=1S/C17H17Cl2N3O3/c1-24-13-5-2-11(3-6-13)8-16(20)22-25-10-17(23)21-12-4-7-14(18)15(19)9-12/h2-7,9H,8,10H2,1H3,(H2,20,22)(H,21,23). The molecule has 0 saturated heterocycles. The van der Waals surface area contributed by atoms with Gasteiger partial charge >= 0.3 is 0 Å². The van der Waals surface area contributed by atoms with Gasteiger partial charge in [0.2, 0.25) is 0 Å². The Hall–Kier alpha value is -2.44. The van der Waals surface area contributed by atoms with Gasteiger partial charge in [-0.05, 0) is 35.9 Å². The largest absolute Gasteiger partial charge is 0.497 e. The summed E-state index contributed by atoms with van der Waals surface area (Å²) < 4.78 is 5.08. The van der Waals surface area contributed by atoms with E-state index in [0.29, 0.717) is 22.2 Å². The number of oxime groups is 1. The molecule has 0 heterocycles. The average molecular weight is 382 g/mol. The van der Waals surface area contributed by atoms with Crippen molar-refractivity contribution in [2.75, 3.05) is 19.0 Å². The Morgan fingerprint density at radius 3 is 2.52 bits per heavy atom. The zero-order valence-corrected chi connectivity index (χ0v) is 15.0. The van der Waals surface area contributed by atoms with Crippen LogP contribution < -0.4 is 15.8 Å². The van der Waals surface area contributed by atoms with Crippen LogP contribution in [0.25, 0.3) is 0 Å². The van der Waals surface area contributed by atoms with Crippen molar-refractivity contribution in [2.24, 2.45) is 10.9 Å². The first-order valence-corrected chi connectivity index (χ1v) is 8.05. The number of carbonyl (C=O) groups is 1. The molecule has 0 aliphatic heterocycles. The highest BCUT2D eigenvalue weighted by Crippen LogP contribution is 2.24. The summed E-state index contributed by atoms with van der Waals surface area (Å²) in [5.41, 5.74) is 7.24. The molecule has 0 spiro atoms. The second-order valence-corrected chi connectivity index (χ2v) is 5.87. The zero-order chi connectivity index (χ0) is 18.2. The number of methoxy groups -OCH3 is 1. The summed E-state index contributed by atoms with van der Waals surface area (Å²) in [5.74, 6) is 0.626. The molecule has 0 saturated carbocycles. The maximum Gasteiger partial charge on any atom is 0.265 e. The number of hydrogen-bond acceptors (Lipinski definition) is 4. The molecule has 25 heavy (non-hydrogen) atoms. The lowest BCUT2D eigenvalue weighted by Crippen LogP contribution is -2.20. The summed E-state index contributed by atoms with van der Waals surface area (Å²) in [5, 5.41) is 7.10. The van der Waals surface area contributed by atoms with Gasteiger partial charge in [-0.2, -0.15) is 0 Å². The van der Waals surface area contributed by atoms with Gasteiger partial charge in [0.25, 0.3) is 5.91 Å². The number of ether oxygens (including phenoxy) is 1. The Morgan fingerprint density at radius 1 is 1.16 bits per heavy atom. The number of nitrogens with two attached hydrogens (primary N) is 1. The number of rotatable bonds is 7. The molecule has 2 aromatic rings. The Morgan fingerprint density at radius 2 is 1.88 bits per heavy atom. The molecule has 8 heteroatoms. The summed E-state index contributed by atoms with van der Waals surface area (Å²) in [7, 11) is 1.60. The monoisotopic (exact) mass is 381 g/mol. The van der Waals surface area contributed by atoms with Crippen LogP contribution in [0.4, 0.5) is 5.69 Å². The number of nitrogens with one attached hydrogen (secondary N) is 1. The van der Waals surface area contributed by atoms with Crippen molar-refractivity contribution in [1.82, 2.24) is 0 Å². The second-order valence-electron chi connectivity index (χ2n) is 5.06. The van der Waals surface area contributed by atoms with Crippen LogP contribution in [0.2, 0.25) is 10.0 Å². The maximum absolute atomic E-state index is 11.8. The Balaban J connectivity index is 1.80. The van der Waals surface area contributed by atoms with Crippen LogP contribution in [0.15, 0.2) is 47.6 Å². The van der Waals surface area contributed by atoms with Crippen molar-refractivity contribution >= 4 is 40.6 Å². The molecule has 2 aromatic carbocycles. The Bertz CT molecular complexity index is 764. The zero-order valence-electron chi connectivity index (χ0n) is 13.5. The summed E-state index contributed by atoms with van der Waals surface area (Å²) in [6, 6.07) is 12.2. The number of carbonyl (C=O) groups excluding carboxylic acids is 1. The number of halogens is 2. The van der Waals surface area contributed by atoms with Crippen LogP contribution >= 0.6 is 23.2 Å². The molecule has 0 radical (unpaired) electrons. The quantitative estimate of drug-likeness (QED) is 0.436. The molecule has 0 fully saturated rings. The molecule has 0 unspecified atom stereocenters. The predicted molar refractivity (Wildman–Crippen MR) is 99.4 cm³/mol. The van der Waals surface area contributed by atoms with Gasteiger partial charge in [-0.25, -0.2) is 0 Å². The van der Waals surface area contributed by atoms with Crippen molar-refractivity contribution in [3.05, 3.63) is 58.1 Å². The lowest BCUT2D eigenvalue weighted by molar-refractivity contribution is -0.120. The molecule has 132 valence electrons. The first-order valence-electron chi connectivity index (χ1n) is 7.30. The highest BCUT2D eigenvalue weighted by molar-refractivity contribution is 6.42. The van der Waals surface area contributed by atoms with Gasteiger partial charge in [-0.1, -0.05) is 40.5 Å². The van der Waals surface area contributed by atoms with Gasteiger partial charge in [-0.3, -0.25) is 4.79 Å². The van der Waals surface area contributed by atoms with Crippen molar-refractivity contribution in [3.63, 3.8) is 0 Å². The van der Waals surface area contributed by atoms with E-state index < -0.39 is 0 Å². The second kappa shape index (κ2) is 9.15. The highest BCUT2D eigenvalue weighted by atomic mass is 35.5. The van der Waals surface area contributed by atoms with Gasteiger partial charge in [0, 0.05) is 12.1 Å². The molecule has 3 N–H and O–H groups in total. The van der Waals surface area contributed by atoms with Gasteiger partial charge in [0.1, 0.15) is 11.6 Å². The van der Waals surface area contributed by atoms with Gasteiger partial charge in [0.05, 0.1) is 17.2 Å². The average Bonchev–Trinajstić information content (AvgIpc) is 2.59. The van der Waals surface area contributed by atoms with Crippen LogP contribution in [-0.4, -0.2) is 25.5 Å². The van der Waals surface area contributed by atoms with Crippen LogP contribution in [0, 0.1) is 0 Å². The number of nitrogens with zero attached hydrogens (tertiary/aromatic N) is 1. The maximum atomic E-state index is 11.8. The molecule has 0 bridgehead atoms. The minimum absolute atomic E-state index is 0.257. The normalized spacial score (nSPS) is 11.1. The molecule has 0 atom stereocenters. The lowest BCUT2D eigenvalue weighted by Gasteiger charge is -2.06. The molecule has 0 aliphatic rings. The molecular formula is C17H17Cl2N3O3. The Kier molecular flexibility index (Phi) is 6.91. The van der Waals surface area contributed by atoms with Crippen LogP contribution in [-0.2, 0) is 16.1 Å². The van der Waals surface area contributed by atoms with E-state index in [4.69, 9.17) is 38.5 Å². The van der Waals surface area contributed by atoms with Crippen molar-refractivity contribution < 1.29 is 14.4 Å². The fourth-order valence-corrected chi connectivity index (χ4v) is 2.23. The summed E-state index contributed by atoms with van der Waals surface area (Å²) in [4.78, 5) is 16.8. The third kappa shape index (κ3) is 6.17. The predicted octanol–water partition coefficient (Wildman–Crippen LogP) is 3.47. The summed E-state index contributed by atoms with van der Waals surface area (Å²) >= 11 is 11.7. The van der Waals surface area contributed by atoms with E-state index in [2.05, 4.69) is 10.5 Å². The van der Waals surface area contributed by atoms with Crippen LogP contribution in [0.3, 0.4) is 0 Å². The molecule has 1 amide bonds. The third-order valence-corrected chi connectivity index (χ3v) is 3.86. The summed E-state index contributed by atoms with van der Waals surface area (Å²) in [6.45, 7) is -0.274. The van der Waals surface area contributed by atoms with E-state index >= 15 is 0 Å². The SMILES string of the molecule is COc1ccc(CC(N)=NOCC(=O)Nc2ccc(Cl)c(Cl)c2)cc1. The van der Waals surface area contributed by atoms with Crippen molar-refractivity contribution in [1.29, 1.82) is 0 Å². The van der Waals surface area contributed by atoms with Gasteiger partial charge in [-0.15, -0.1) is 0 Å². The molecule has 6 nitrogen and oxygen atoms in total. The molecular weight excluding hydrogens is 365 g/mol. The van der Waals surface area contributed by atoms with E-state index in [1.54, 1.807) is 25.3 Å². The van der Waals surface area contributed by atoms with E-state index in [-0.39, 0.29) is 18.3 Å². The van der Waals surface area contributed by atoms with Crippen molar-refractivity contribution in [2.45, 2.75) is 6.42 Å². The van der Waals surface area contributed by atoms with Crippen LogP contribution in [0.1, 0.15) is 5.56 Å². The molecule has 0 aliphatic carbocycles. The first kappa shape index (κ1) is 18.9. The number of amidine groups is 1. The number of amides is 1. The topological polar surface area (TPSA) is 85.9 Å². The fourth-order valence-electron chi connectivity index (χ4n) is 1.93. The Labute approximate surface area is 155 Å². The number of anilines is 1. The minimum atomic E-state index is -0.389. The minimum Gasteiger partial charge on any atom is -0.497 e. The first-order chi connectivity index (χ1) is 12.0. The van der Waals surface area contributed by atoms with E-state index in [9.17, 15) is 4.79 Å². The lowest BCUT2D eigenvalue weighted by atomic mass is 10.1. The highest BCUT2D eigenvalue weighted by Gasteiger charge is 2.06. The smallest absolute Gasteiger partial charge is 0.265 e. The van der Waals surface area contributed by atoms with E-state index in [0.717, 1.165) is 11.3 Å². The third-order valence-electron chi connectivity index (χ3n) is 3.13. The van der Waals surface area contributed by atoms with Gasteiger partial charge in [0.15, 0.2) is 6.61 Å². The van der Waals surface area contributed by atoms with Crippen LogP contribution in [0.5, 0.6) is 5.75 Å². The fraction of sp³-hybridized carbons (Fsp3) is 0.176. The van der Waals surface area contributed by atoms with E-state index in [1.165, 1.54) is 0 Å². The molecule has 2 rings (SSSR count). The summed E-state index contributed by atoms with van der Waals surface area (Å²) in [6.07, 6.45) is 0.401. The van der Waals surface area contributed by atoms with E-state index in [1.807, 2.05) is 24.3 Å². The number of hydrogen-bond donors (Lipinski definition) is 2. The molecule has 0 aromatic heterocycles. The number of benzene rings is 2. The van der Waals surface area contributed by atoms with Crippen molar-refractivity contribution in [3.8, 4) is 5.75 Å². The van der Waals surface area contributed by atoms with Gasteiger partial charge < -0.3 is 20.6 Å².